The Morgan fingerprint density at radius 3 is 1.89 bits per heavy atom. The van der Waals surface area contributed by atoms with E-state index in [-0.39, 0.29) is 38.5 Å². The first-order chi connectivity index (χ1) is 27.6. The van der Waals surface area contributed by atoms with Gasteiger partial charge in [0.1, 0.15) is 24.2 Å². The van der Waals surface area contributed by atoms with E-state index in [1.54, 1.807) is 48.8 Å². The number of fused-ring (bicyclic) bond motifs is 18. The number of anilines is 1. The molecule has 3 aromatic carbocycles. The fourth-order valence-corrected chi connectivity index (χ4v) is 7.16. The molecule has 0 spiro atoms. The Bertz CT molecular complexity index is 2170. The zero-order valence-electron chi connectivity index (χ0n) is 30.9. The molecule has 5 amide bonds. The van der Waals surface area contributed by atoms with Crippen molar-refractivity contribution in [2.45, 2.75) is 62.7 Å². The lowest BCUT2D eigenvalue weighted by atomic mass is 9.99. The highest BCUT2D eigenvalue weighted by molar-refractivity contribution is 7.09. The summed E-state index contributed by atoms with van der Waals surface area (Å²) in [5, 5.41) is 25.7. The van der Waals surface area contributed by atoms with Gasteiger partial charge in [0, 0.05) is 61.5 Å². The summed E-state index contributed by atoms with van der Waals surface area (Å²) in [5.41, 5.74) is 4.25. The van der Waals surface area contributed by atoms with Crippen LogP contribution in [0, 0.1) is 0 Å². The highest BCUT2D eigenvalue weighted by Gasteiger charge is 2.32. The number of hydrogen-bond acceptors (Lipinski definition) is 8. The van der Waals surface area contributed by atoms with E-state index in [0.29, 0.717) is 22.4 Å². The van der Waals surface area contributed by atoms with Crippen LogP contribution in [0.3, 0.4) is 0 Å². The second kappa shape index (κ2) is 19.3. The summed E-state index contributed by atoms with van der Waals surface area (Å²) in [6, 6.07) is 25.8. The van der Waals surface area contributed by atoms with Gasteiger partial charge in [0.2, 0.25) is 29.5 Å². The molecular weight excluding hydrogens is 745 g/mol. The van der Waals surface area contributed by atoms with E-state index in [0.717, 1.165) is 16.0 Å². The van der Waals surface area contributed by atoms with Crippen LogP contribution in [0.5, 0.6) is 0 Å². The molecule has 2 bridgehead atoms. The largest absolute Gasteiger partial charge is 0.480 e. The topological polar surface area (TPSA) is 196 Å². The van der Waals surface area contributed by atoms with Crippen LogP contribution in [-0.2, 0) is 54.5 Å². The minimum absolute atomic E-state index is 0.0152. The van der Waals surface area contributed by atoms with Crippen molar-refractivity contribution in [3.8, 4) is 11.1 Å². The van der Waals surface area contributed by atoms with E-state index in [1.165, 1.54) is 11.3 Å². The molecule has 0 aliphatic carbocycles. The van der Waals surface area contributed by atoms with Crippen molar-refractivity contribution in [1.82, 2.24) is 26.3 Å². The fourth-order valence-electron chi connectivity index (χ4n) is 6.41. The highest BCUT2D eigenvalue weighted by Crippen LogP contribution is 2.20. The molecule has 0 saturated carbocycles. The van der Waals surface area contributed by atoms with Crippen LogP contribution in [0.4, 0.5) is 5.69 Å². The molecule has 57 heavy (non-hydrogen) atoms. The summed E-state index contributed by atoms with van der Waals surface area (Å²) < 4.78 is 0. The van der Waals surface area contributed by atoms with Gasteiger partial charge in [-0.3, -0.25) is 29.0 Å². The van der Waals surface area contributed by atoms with Gasteiger partial charge in [-0.05, 0) is 57.5 Å². The van der Waals surface area contributed by atoms with Crippen molar-refractivity contribution >= 4 is 52.5 Å². The Balaban J connectivity index is 1.34. The van der Waals surface area contributed by atoms with Gasteiger partial charge in [0.15, 0.2) is 0 Å². The van der Waals surface area contributed by atoms with Crippen molar-refractivity contribution in [1.29, 1.82) is 0 Å². The third-order valence-electron chi connectivity index (χ3n) is 9.44. The summed E-state index contributed by atoms with van der Waals surface area (Å²) in [7, 11) is 0. The van der Waals surface area contributed by atoms with Crippen LogP contribution >= 0.6 is 11.3 Å². The normalized spacial score (nSPS) is 19.9. The number of benzene rings is 3. The van der Waals surface area contributed by atoms with Gasteiger partial charge in [-0.25, -0.2) is 4.79 Å². The summed E-state index contributed by atoms with van der Waals surface area (Å²) >= 11 is 1.40. The maximum Gasteiger partial charge on any atom is 0.326 e. The first kappa shape index (κ1) is 40.0. The predicted octanol–water partition coefficient (Wildman–Crippen LogP) is 3.84. The average Bonchev–Trinajstić information content (AvgIpc) is 3.73. The number of carbonyl (C=O) groups is 6. The number of nitrogens with one attached hydrogen (secondary N) is 5. The molecule has 6 N–H and O–H groups in total. The fraction of sp³-hybridized carbons (Fsp3) is 0.233. The number of amides is 5. The quantitative estimate of drug-likeness (QED) is 0.128. The van der Waals surface area contributed by atoms with Crippen molar-refractivity contribution in [3.63, 3.8) is 0 Å². The molecule has 14 heteroatoms. The Morgan fingerprint density at radius 2 is 1.26 bits per heavy atom. The Hall–Kier alpha value is -6.67. The average molecular weight is 787 g/mol. The van der Waals surface area contributed by atoms with Crippen molar-refractivity contribution in [2.75, 3.05) is 5.32 Å². The van der Waals surface area contributed by atoms with Gasteiger partial charge in [0.05, 0.1) is 0 Å². The van der Waals surface area contributed by atoms with E-state index in [2.05, 4.69) is 31.6 Å². The zero-order chi connectivity index (χ0) is 40.1. The number of aromatic nitrogens is 1. The number of thiophene rings is 1. The summed E-state index contributed by atoms with van der Waals surface area (Å²) in [5.74, 6) is -4.36. The van der Waals surface area contributed by atoms with Crippen molar-refractivity contribution in [2.24, 2.45) is 0 Å². The second-order valence-electron chi connectivity index (χ2n) is 13.7. The zero-order valence-corrected chi connectivity index (χ0v) is 31.7. The predicted molar refractivity (Wildman–Crippen MR) is 215 cm³/mol. The second-order valence-corrected chi connectivity index (χ2v) is 14.7. The van der Waals surface area contributed by atoms with Crippen LogP contribution in [0.1, 0.15) is 34.4 Å². The molecule has 13 nitrogen and oxygen atoms in total. The van der Waals surface area contributed by atoms with Crippen LogP contribution in [-0.4, -0.2) is 69.8 Å². The van der Waals surface area contributed by atoms with Crippen molar-refractivity contribution < 1.29 is 33.9 Å². The van der Waals surface area contributed by atoms with Gasteiger partial charge in [-0.2, -0.15) is 0 Å². The van der Waals surface area contributed by atoms with E-state index >= 15 is 0 Å². The van der Waals surface area contributed by atoms with Gasteiger partial charge in [-0.15, -0.1) is 11.3 Å². The number of carboxylic acids is 1. The lowest BCUT2D eigenvalue weighted by molar-refractivity contribution is -0.142. The minimum atomic E-state index is -1.37. The van der Waals surface area contributed by atoms with Gasteiger partial charge < -0.3 is 31.7 Å². The van der Waals surface area contributed by atoms with E-state index in [9.17, 15) is 33.9 Å². The van der Waals surface area contributed by atoms with Gasteiger partial charge in [0.25, 0.3) is 0 Å². The molecule has 4 heterocycles. The van der Waals surface area contributed by atoms with Gasteiger partial charge in [-0.1, -0.05) is 78.9 Å². The molecule has 7 rings (SSSR count). The molecule has 0 fully saturated rings. The smallest absolute Gasteiger partial charge is 0.326 e. The first-order valence-corrected chi connectivity index (χ1v) is 19.4. The van der Waals surface area contributed by atoms with E-state index in [4.69, 9.17) is 0 Å². The maximum atomic E-state index is 14.4. The number of aliphatic carboxylic acids is 1. The molecular formula is C43H42N6O7S. The molecule has 5 aromatic rings. The molecule has 2 aromatic heterocycles. The maximum absolute atomic E-state index is 14.4. The summed E-state index contributed by atoms with van der Waals surface area (Å²) in [6.07, 6.45) is 2.74. The lowest BCUT2D eigenvalue weighted by Crippen LogP contribution is -2.59. The molecule has 0 radical (unpaired) electrons. The standard InChI is InChI=1S/C43H42N6O7S/c50-38-18-19-39(51)46-36(25-33-9-5-21-57-33)42(54)47-34(22-27-10-14-31(15-11-27)30-7-2-1-3-8-30)40(52)48-35(24-29-6-4-20-44-26-29)41(53)49-37(43(55)56)23-28-12-16-32(45-38)17-13-28/h1-17,20-21,26,34-37H,18-19,22-25H2,(H,45,50)(H,46,51)(H,47,54)(H,48,52)(H,49,53)(H,55,56)/t34-,35+,36+,37-/m0/s1. The van der Waals surface area contributed by atoms with Crippen LogP contribution in [0.25, 0.3) is 11.1 Å². The Kier molecular flexibility index (Phi) is 13.5. The van der Waals surface area contributed by atoms with Crippen molar-refractivity contribution in [3.05, 3.63) is 142 Å². The molecule has 292 valence electrons. The summed E-state index contributed by atoms with van der Waals surface area (Å²) in [4.78, 5) is 85.9. The number of nitrogens with zero attached hydrogens (tertiary/aromatic N) is 1. The molecule has 0 unspecified atom stereocenters. The Morgan fingerprint density at radius 1 is 0.632 bits per heavy atom. The molecule has 0 saturated heterocycles. The third kappa shape index (κ3) is 11.7. The van der Waals surface area contributed by atoms with Crippen LogP contribution in [0.2, 0.25) is 0 Å². The minimum Gasteiger partial charge on any atom is -0.480 e. The monoisotopic (exact) mass is 786 g/mol. The van der Waals surface area contributed by atoms with Crippen LogP contribution < -0.4 is 26.6 Å². The third-order valence-corrected chi connectivity index (χ3v) is 10.3. The number of carboxylic acid groups (broad SMARTS) is 1. The number of carbonyl (C=O) groups excluding carboxylic acids is 5. The first-order valence-electron chi connectivity index (χ1n) is 18.5. The Labute approximate surface area is 333 Å². The molecule has 2 aliphatic rings. The lowest BCUT2D eigenvalue weighted by Gasteiger charge is -2.26. The number of hydrogen-bond donors (Lipinski definition) is 6. The van der Waals surface area contributed by atoms with E-state index in [1.807, 2.05) is 72.1 Å². The van der Waals surface area contributed by atoms with Gasteiger partial charge >= 0.3 is 5.97 Å². The summed E-state index contributed by atoms with van der Waals surface area (Å²) in [6.45, 7) is 0. The number of pyridine rings is 1. The van der Waals surface area contributed by atoms with Crippen LogP contribution in [0.15, 0.2) is 121 Å². The molecule has 2 aliphatic heterocycles. The molecule has 4 atom stereocenters. The van der Waals surface area contributed by atoms with E-state index < -0.39 is 59.7 Å². The SMILES string of the molecule is O=C1CCC(=O)N[C@H](Cc2cccs2)C(=O)N[C@@H](Cc2ccc(-c3ccccc3)cc2)C(=O)N[C@H](Cc2cccnc2)C(=O)N[C@H](C(=O)O)Cc2ccc(cc2)N1. The number of rotatable bonds is 8. The highest BCUT2D eigenvalue weighted by atomic mass is 32.1.